The van der Waals surface area contributed by atoms with Crippen LogP contribution in [-0.2, 0) is 14.4 Å². The van der Waals surface area contributed by atoms with Crippen LogP contribution in [0.25, 0.3) is 0 Å². The molecule has 1 aromatic rings. The number of benzene rings is 1. The molecule has 0 aromatic heterocycles. The largest absolute Gasteiger partial charge is 0.477 e. The van der Waals surface area contributed by atoms with E-state index in [2.05, 4.69) is 10.6 Å². The van der Waals surface area contributed by atoms with E-state index in [4.69, 9.17) is 4.74 Å². The van der Waals surface area contributed by atoms with Gasteiger partial charge in [0.15, 0.2) is 6.10 Å². The van der Waals surface area contributed by atoms with Crippen LogP contribution in [-0.4, -0.2) is 69.0 Å². The highest BCUT2D eigenvalue weighted by Gasteiger charge is 2.31. The van der Waals surface area contributed by atoms with Crippen LogP contribution in [0.5, 0.6) is 5.75 Å². The van der Waals surface area contributed by atoms with E-state index in [1.807, 2.05) is 25.1 Å². The predicted octanol–water partition coefficient (Wildman–Crippen LogP) is -0.0154. The molecule has 1 atom stereocenters. The summed E-state index contributed by atoms with van der Waals surface area (Å²) >= 11 is 0. The van der Waals surface area contributed by atoms with Crippen molar-refractivity contribution in [2.24, 2.45) is 0 Å². The summed E-state index contributed by atoms with van der Waals surface area (Å²) in [5, 5.41) is 5.43. The standard InChI is InChI=1S/C18H26N4O4/c1-4-9-19-18(25)15-11-22(13-7-5-6-8-14(13)26-15)12-16(23)20-10-17(24)21(2)3/h5-8,15H,4,9-12H2,1-3H3,(H,19,25)(H,20,23)/t15-/m0/s1. The number of carbonyl (C=O) groups is 3. The fourth-order valence-corrected chi connectivity index (χ4v) is 2.52. The summed E-state index contributed by atoms with van der Waals surface area (Å²) in [5.74, 6) is -0.107. The Morgan fingerprint density at radius 2 is 1.96 bits per heavy atom. The molecule has 0 fully saturated rings. The van der Waals surface area contributed by atoms with Crippen molar-refractivity contribution in [1.29, 1.82) is 0 Å². The zero-order chi connectivity index (χ0) is 19.1. The molecule has 0 saturated heterocycles. The molecule has 26 heavy (non-hydrogen) atoms. The van der Waals surface area contributed by atoms with Gasteiger partial charge in [-0.25, -0.2) is 0 Å². The first kappa shape index (κ1) is 19.6. The molecular weight excluding hydrogens is 336 g/mol. The predicted molar refractivity (Wildman–Crippen MR) is 98.1 cm³/mol. The number of carbonyl (C=O) groups excluding carboxylic acids is 3. The van der Waals surface area contributed by atoms with E-state index in [0.717, 1.165) is 12.1 Å². The second-order valence-electron chi connectivity index (χ2n) is 6.31. The highest BCUT2D eigenvalue weighted by Crippen LogP contribution is 2.32. The topological polar surface area (TPSA) is 91.0 Å². The van der Waals surface area contributed by atoms with Gasteiger partial charge < -0.3 is 25.2 Å². The fraction of sp³-hybridized carbons (Fsp3) is 0.500. The van der Waals surface area contributed by atoms with Gasteiger partial charge in [0, 0.05) is 20.6 Å². The molecule has 0 radical (unpaired) electrons. The second-order valence-corrected chi connectivity index (χ2v) is 6.31. The molecule has 0 bridgehead atoms. The van der Waals surface area contributed by atoms with E-state index in [-0.39, 0.29) is 37.4 Å². The van der Waals surface area contributed by atoms with Crippen molar-refractivity contribution >= 4 is 23.4 Å². The Balaban J connectivity index is 2.04. The van der Waals surface area contributed by atoms with Gasteiger partial charge in [0.25, 0.3) is 5.91 Å². The van der Waals surface area contributed by atoms with Gasteiger partial charge in [0.1, 0.15) is 5.75 Å². The van der Waals surface area contributed by atoms with E-state index in [9.17, 15) is 14.4 Å². The van der Waals surface area contributed by atoms with Gasteiger partial charge in [-0.05, 0) is 18.6 Å². The number of hydrogen-bond donors (Lipinski definition) is 2. The van der Waals surface area contributed by atoms with Crippen LogP contribution in [0.3, 0.4) is 0 Å². The number of fused-ring (bicyclic) bond motifs is 1. The molecule has 8 nitrogen and oxygen atoms in total. The Morgan fingerprint density at radius 3 is 2.65 bits per heavy atom. The molecule has 0 unspecified atom stereocenters. The maximum absolute atomic E-state index is 12.3. The minimum absolute atomic E-state index is 0.0403. The Bertz CT molecular complexity index is 662. The lowest BCUT2D eigenvalue weighted by Crippen LogP contribution is -2.51. The molecule has 1 aromatic carbocycles. The van der Waals surface area contributed by atoms with Crippen molar-refractivity contribution in [3.63, 3.8) is 0 Å². The third-order valence-corrected chi connectivity index (χ3v) is 3.97. The van der Waals surface area contributed by atoms with Crippen molar-refractivity contribution in [3.8, 4) is 5.75 Å². The number of anilines is 1. The molecule has 1 aliphatic rings. The van der Waals surface area contributed by atoms with Crippen LogP contribution in [0, 0.1) is 0 Å². The molecule has 0 spiro atoms. The summed E-state index contributed by atoms with van der Waals surface area (Å²) in [6.45, 7) is 2.80. The van der Waals surface area contributed by atoms with E-state index >= 15 is 0 Å². The van der Waals surface area contributed by atoms with Crippen molar-refractivity contribution < 1.29 is 19.1 Å². The number of ether oxygens (including phenoxy) is 1. The lowest BCUT2D eigenvalue weighted by atomic mass is 10.1. The first-order valence-corrected chi connectivity index (χ1v) is 8.67. The van der Waals surface area contributed by atoms with Gasteiger partial charge >= 0.3 is 0 Å². The molecule has 8 heteroatoms. The Labute approximate surface area is 153 Å². The molecule has 2 N–H and O–H groups in total. The Kier molecular flexibility index (Phi) is 6.82. The summed E-state index contributed by atoms with van der Waals surface area (Å²) in [6, 6.07) is 7.28. The van der Waals surface area contributed by atoms with Crippen molar-refractivity contribution in [1.82, 2.24) is 15.5 Å². The van der Waals surface area contributed by atoms with E-state index in [1.54, 1.807) is 25.1 Å². The maximum Gasteiger partial charge on any atom is 0.262 e. The smallest absolute Gasteiger partial charge is 0.262 e. The maximum atomic E-state index is 12.3. The van der Waals surface area contributed by atoms with Gasteiger partial charge in [-0.1, -0.05) is 19.1 Å². The summed E-state index contributed by atoms with van der Waals surface area (Å²) in [7, 11) is 3.26. The van der Waals surface area contributed by atoms with Gasteiger partial charge in [0.05, 0.1) is 25.3 Å². The van der Waals surface area contributed by atoms with Crippen LogP contribution in [0.15, 0.2) is 24.3 Å². The number of amides is 3. The SMILES string of the molecule is CCCNC(=O)[C@@H]1CN(CC(=O)NCC(=O)N(C)C)c2ccccc2O1. The number of hydrogen-bond acceptors (Lipinski definition) is 5. The first-order valence-electron chi connectivity index (χ1n) is 8.67. The molecule has 3 amide bonds. The van der Waals surface area contributed by atoms with E-state index in [1.165, 1.54) is 4.90 Å². The molecule has 1 aliphatic heterocycles. The third-order valence-electron chi connectivity index (χ3n) is 3.97. The fourth-order valence-electron chi connectivity index (χ4n) is 2.52. The second kappa shape index (κ2) is 9.07. The Morgan fingerprint density at radius 1 is 1.23 bits per heavy atom. The van der Waals surface area contributed by atoms with Gasteiger partial charge in [-0.15, -0.1) is 0 Å². The molecule has 0 aliphatic carbocycles. The van der Waals surface area contributed by atoms with Gasteiger partial charge in [-0.2, -0.15) is 0 Å². The van der Waals surface area contributed by atoms with Gasteiger partial charge in [0.2, 0.25) is 11.8 Å². The highest BCUT2D eigenvalue weighted by atomic mass is 16.5. The first-order chi connectivity index (χ1) is 12.4. The lowest BCUT2D eigenvalue weighted by molar-refractivity contribution is -0.130. The number of rotatable bonds is 7. The van der Waals surface area contributed by atoms with Crippen molar-refractivity contribution in [2.75, 3.05) is 45.2 Å². The lowest BCUT2D eigenvalue weighted by Gasteiger charge is -2.35. The third kappa shape index (κ3) is 5.11. The summed E-state index contributed by atoms with van der Waals surface area (Å²) in [6.07, 6.45) is 0.147. The highest BCUT2D eigenvalue weighted by molar-refractivity contribution is 5.88. The van der Waals surface area contributed by atoms with E-state index in [0.29, 0.717) is 12.3 Å². The van der Waals surface area contributed by atoms with Crippen LogP contribution >= 0.6 is 0 Å². The van der Waals surface area contributed by atoms with Crippen molar-refractivity contribution in [2.45, 2.75) is 19.4 Å². The average Bonchev–Trinajstić information content (AvgIpc) is 2.63. The monoisotopic (exact) mass is 362 g/mol. The molecule has 2 rings (SSSR count). The minimum atomic E-state index is -0.687. The van der Waals surface area contributed by atoms with Crippen LogP contribution in [0.1, 0.15) is 13.3 Å². The molecule has 1 heterocycles. The number of nitrogens with one attached hydrogen (secondary N) is 2. The van der Waals surface area contributed by atoms with Crippen LogP contribution in [0.4, 0.5) is 5.69 Å². The number of likely N-dealkylation sites (N-methyl/N-ethyl adjacent to an activating group) is 1. The average molecular weight is 362 g/mol. The number of nitrogens with zero attached hydrogens (tertiary/aromatic N) is 2. The normalized spacial score (nSPS) is 15.5. The van der Waals surface area contributed by atoms with Crippen LogP contribution < -0.4 is 20.3 Å². The Hall–Kier alpha value is -2.77. The zero-order valence-corrected chi connectivity index (χ0v) is 15.4. The van der Waals surface area contributed by atoms with E-state index < -0.39 is 6.10 Å². The summed E-state index contributed by atoms with van der Waals surface area (Å²) in [4.78, 5) is 39.3. The number of para-hydroxylation sites is 2. The molecule has 0 saturated carbocycles. The van der Waals surface area contributed by atoms with Gasteiger partial charge in [-0.3, -0.25) is 14.4 Å². The summed E-state index contributed by atoms with van der Waals surface area (Å²) < 4.78 is 5.79. The molecular formula is C18H26N4O4. The van der Waals surface area contributed by atoms with Crippen molar-refractivity contribution in [3.05, 3.63) is 24.3 Å². The molecule has 142 valence electrons. The van der Waals surface area contributed by atoms with Crippen LogP contribution in [0.2, 0.25) is 0 Å². The zero-order valence-electron chi connectivity index (χ0n) is 15.4. The summed E-state index contributed by atoms with van der Waals surface area (Å²) in [5.41, 5.74) is 0.751. The quantitative estimate of drug-likeness (QED) is 0.712. The minimum Gasteiger partial charge on any atom is -0.477 e.